The maximum atomic E-state index is 12.3. The summed E-state index contributed by atoms with van der Waals surface area (Å²) < 4.78 is 12.9. The predicted molar refractivity (Wildman–Crippen MR) is 99.5 cm³/mol. The average molecular weight is 376 g/mol. The number of carbonyl (C=O) groups excluding carboxylic acids is 1. The zero-order valence-corrected chi connectivity index (χ0v) is 16.0. The number of amides is 1. The van der Waals surface area contributed by atoms with E-state index >= 15 is 0 Å². The van der Waals surface area contributed by atoms with Gasteiger partial charge in [0.05, 0.1) is 12.9 Å². The van der Waals surface area contributed by atoms with Crippen molar-refractivity contribution >= 4 is 17.7 Å². The van der Waals surface area contributed by atoms with Gasteiger partial charge in [-0.2, -0.15) is 0 Å². The molecule has 1 aromatic carbocycles. The molecule has 140 valence electrons. The second-order valence-electron chi connectivity index (χ2n) is 6.13. The van der Waals surface area contributed by atoms with Crippen LogP contribution in [0.3, 0.4) is 0 Å². The summed E-state index contributed by atoms with van der Waals surface area (Å²) in [6.07, 6.45) is 3.42. The molecule has 7 nitrogen and oxygen atoms in total. The molecule has 0 atom stereocenters. The summed E-state index contributed by atoms with van der Waals surface area (Å²) in [4.78, 5) is 14.2. The SMILES string of the molecule is COc1ccccc1OCc1nnc(SCC(=O)N2CCCCC2)n1C. The van der Waals surface area contributed by atoms with E-state index in [0.29, 0.717) is 28.2 Å². The zero-order valence-electron chi connectivity index (χ0n) is 15.2. The van der Waals surface area contributed by atoms with Crippen molar-refractivity contribution in [2.75, 3.05) is 26.0 Å². The van der Waals surface area contributed by atoms with Gasteiger partial charge in [0, 0.05) is 20.1 Å². The van der Waals surface area contributed by atoms with Crippen molar-refractivity contribution in [1.29, 1.82) is 0 Å². The number of piperidine rings is 1. The van der Waals surface area contributed by atoms with Gasteiger partial charge in [-0.25, -0.2) is 0 Å². The normalized spacial score (nSPS) is 14.3. The highest BCUT2D eigenvalue weighted by atomic mass is 32.2. The molecule has 0 spiro atoms. The third-order valence-electron chi connectivity index (χ3n) is 4.38. The first-order chi connectivity index (χ1) is 12.7. The second kappa shape index (κ2) is 8.93. The van der Waals surface area contributed by atoms with Gasteiger partial charge >= 0.3 is 0 Å². The minimum atomic E-state index is 0.171. The van der Waals surface area contributed by atoms with E-state index in [1.807, 2.05) is 40.8 Å². The Morgan fingerprint density at radius 2 is 1.88 bits per heavy atom. The Kier molecular flexibility index (Phi) is 6.38. The van der Waals surface area contributed by atoms with Crippen LogP contribution in [0, 0.1) is 0 Å². The van der Waals surface area contributed by atoms with E-state index in [9.17, 15) is 4.79 Å². The van der Waals surface area contributed by atoms with Crippen LogP contribution in [-0.2, 0) is 18.4 Å². The number of para-hydroxylation sites is 2. The van der Waals surface area contributed by atoms with Crippen molar-refractivity contribution in [3.05, 3.63) is 30.1 Å². The maximum Gasteiger partial charge on any atom is 0.233 e. The highest BCUT2D eigenvalue weighted by molar-refractivity contribution is 7.99. The van der Waals surface area contributed by atoms with Gasteiger partial charge in [-0.05, 0) is 31.4 Å². The van der Waals surface area contributed by atoms with Crippen LogP contribution < -0.4 is 9.47 Å². The van der Waals surface area contributed by atoms with E-state index in [-0.39, 0.29) is 12.5 Å². The van der Waals surface area contributed by atoms with Crippen molar-refractivity contribution < 1.29 is 14.3 Å². The second-order valence-corrected chi connectivity index (χ2v) is 7.07. The molecule has 1 aromatic heterocycles. The van der Waals surface area contributed by atoms with Gasteiger partial charge in [0.1, 0.15) is 6.61 Å². The average Bonchev–Trinajstić information content (AvgIpc) is 3.05. The van der Waals surface area contributed by atoms with Crippen LogP contribution >= 0.6 is 11.8 Å². The maximum absolute atomic E-state index is 12.3. The Bertz CT molecular complexity index is 744. The van der Waals surface area contributed by atoms with Crippen LogP contribution in [0.25, 0.3) is 0 Å². The molecule has 1 fully saturated rings. The summed E-state index contributed by atoms with van der Waals surface area (Å²) in [5.74, 6) is 2.59. The van der Waals surface area contributed by atoms with Crippen LogP contribution in [0.2, 0.25) is 0 Å². The summed E-state index contributed by atoms with van der Waals surface area (Å²) >= 11 is 1.42. The summed E-state index contributed by atoms with van der Waals surface area (Å²) in [7, 11) is 3.49. The molecule has 0 saturated carbocycles. The molecule has 26 heavy (non-hydrogen) atoms. The van der Waals surface area contributed by atoms with Crippen molar-refractivity contribution in [3.63, 3.8) is 0 Å². The third kappa shape index (κ3) is 4.49. The Morgan fingerprint density at radius 3 is 2.62 bits per heavy atom. The summed E-state index contributed by atoms with van der Waals surface area (Å²) in [6, 6.07) is 7.48. The molecule has 0 aliphatic carbocycles. The molecule has 3 rings (SSSR count). The van der Waals surface area contributed by atoms with E-state index in [1.165, 1.54) is 18.2 Å². The molecule has 0 bridgehead atoms. The van der Waals surface area contributed by atoms with Crippen molar-refractivity contribution in [2.45, 2.75) is 31.0 Å². The first kappa shape index (κ1) is 18.6. The van der Waals surface area contributed by atoms with E-state index < -0.39 is 0 Å². The van der Waals surface area contributed by atoms with Crippen LogP contribution in [0.15, 0.2) is 29.4 Å². The molecular weight excluding hydrogens is 352 g/mol. The molecule has 1 aliphatic rings. The monoisotopic (exact) mass is 376 g/mol. The van der Waals surface area contributed by atoms with Gasteiger partial charge in [-0.3, -0.25) is 4.79 Å². The zero-order chi connectivity index (χ0) is 18.4. The lowest BCUT2D eigenvalue weighted by Gasteiger charge is -2.26. The van der Waals surface area contributed by atoms with Crippen LogP contribution in [0.1, 0.15) is 25.1 Å². The van der Waals surface area contributed by atoms with Crippen molar-refractivity contribution in [2.24, 2.45) is 7.05 Å². The minimum Gasteiger partial charge on any atom is -0.493 e. The van der Waals surface area contributed by atoms with Gasteiger partial charge in [0.15, 0.2) is 22.5 Å². The number of hydrogen-bond donors (Lipinski definition) is 0. The molecule has 1 amide bonds. The number of aromatic nitrogens is 3. The Morgan fingerprint density at radius 1 is 1.15 bits per heavy atom. The Balaban J connectivity index is 1.55. The lowest BCUT2D eigenvalue weighted by Crippen LogP contribution is -2.36. The minimum absolute atomic E-state index is 0.171. The lowest BCUT2D eigenvalue weighted by molar-refractivity contribution is -0.129. The molecule has 1 saturated heterocycles. The third-order valence-corrected chi connectivity index (χ3v) is 5.39. The molecule has 0 N–H and O–H groups in total. The molecule has 0 radical (unpaired) electrons. The summed E-state index contributed by atoms with van der Waals surface area (Å²) in [5, 5.41) is 9.08. The number of rotatable bonds is 7. The molecule has 2 heterocycles. The van der Waals surface area contributed by atoms with Gasteiger partial charge in [0.2, 0.25) is 5.91 Å². The molecular formula is C18H24N4O3S. The van der Waals surface area contributed by atoms with Gasteiger partial charge < -0.3 is 18.9 Å². The Hall–Kier alpha value is -2.22. The van der Waals surface area contributed by atoms with Gasteiger partial charge in [-0.1, -0.05) is 23.9 Å². The fourth-order valence-corrected chi connectivity index (χ4v) is 3.67. The van der Waals surface area contributed by atoms with E-state index in [4.69, 9.17) is 9.47 Å². The predicted octanol–water partition coefficient (Wildman–Crippen LogP) is 2.51. The number of methoxy groups -OCH3 is 1. The van der Waals surface area contributed by atoms with Crippen molar-refractivity contribution in [3.8, 4) is 11.5 Å². The fraction of sp³-hybridized carbons (Fsp3) is 0.500. The Labute approximate surface area is 157 Å². The topological polar surface area (TPSA) is 69.5 Å². The number of thioether (sulfide) groups is 1. The number of hydrogen-bond acceptors (Lipinski definition) is 6. The highest BCUT2D eigenvalue weighted by Gasteiger charge is 2.18. The summed E-state index contributed by atoms with van der Waals surface area (Å²) in [6.45, 7) is 2.02. The smallest absolute Gasteiger partial charge is 0.233 e. The van der Waals surface area contributed by atoms with Crippen LogP contribution in [0.4, 0.5) is 0 Å². The highest BCUT2D eigenvalue weighted by Crippen LogP contribution is 2.26. The van der Waals surface area contributed by atoms with Gasteiger partial charge in [-0.15, -0.1) is 10.2 Å². The molecule has 1 aliphatic heterocycles. The summed E-state index contributed by atoms with van der Waals surface area (Å²) in [5.41, 5.74) is 0. The fourth-order valence-electron chi connectivity index (χ4n) is 2.84. The number of ether oxygens (including phenoxy) is 2. The first-order valence-corrected chi connectivity index (χ1v) is 9.72. The molecule has 2 aromatic rings. The number of likely N-dealkylation sites (tertiary alicyclic amines) is 1. The lowest BCUT2D eigenvalue weighted by atomic mass is 10.1. The van der Waals surface area contributed by atoms with Crippen LogP contribution in [0.5, 0.6) is 11.5 Å². The molecule has 8 heteroatoms. The van der Waals surface area contributed by atoms with Crippen molar-refractivity contribution in [1.82, 2.24) is 19.7 Å². The largest absolute Gasteiger partial charge is 0.493 e. The number of nitrogens with zero attached hydrogens (tertiary/aromatic N) is 4. The van der Waals surface area contributed by atoms with Gasteiger partial charge in [0.25, 0.3) is 0 Å². The van der Waals surface area contributed by atoms with Crippen LogP contribution in [-0.4, -0.2) is 51.5 Å². The number of benzene rings is 1. The first-order valence-electron chi connectivity index (χ1n) is 8.73. The van der Waals surface area contributed by atoms with E-state index in [0.717, 1.165) is 25.9 Å². The quantitative estimate of drug-likeness (QED) is 0.692. The van der Waals surface area contributed by atoms with E-state index in [2.05, 4.69) is 10.2 Å². The van der Waals surface area contributed by atoms with E-state index in [1.54, 1.807) is 7.11 Å². The molecule has 0 unspecified atom stereocenters. The number of carbonyl (C=O) groups is 1. The standard InChI is InChI=1S/C18H24N4O3S/c1-21-16(12-25-15-9-5-4-8-14(15)24-2)19-20-18(21)26-13-17(23)22-10-6-3-7-11-22/h4-5,8-9H,3,6-7,10-13H2,1-2H3.